The fraction of sp³-hybridized carbons (Fsp3) is 0.259. The zero-order chi connectivity index (χ0) is 24.4. The molecule has 36 heavy (non-hydrogen) atoms. The molecule has 0 spiro atoms. The van der Waals surface area contributed by atoms with Crippen LogP contribution in [0.5, 0.6) is 5.75 Å². The molecule has 9 nitrogen and oxygen atoms in total. The van der Waals surface area contributed by atoms with Crippen molar-refractivity contribution in [2.45, 2.75) is 6.04 Å². The minimum absolute atomic E-state index is 0.383. The second-order valence-electron chi connectivity index (χ2n) is 9.60. The molecule has 1 N–H and O–H groups in total. The van der Waals surface area contributed by atoms with Gasteiger partial charge < -0.3 is 14.5 Å². The number of anilines is 1. The van der Waals surface area contributed by atoms with Gasteiger partial charge in [0.25, 0.3) is 0 Å². The third kappa shape index (κ3) is 3.15. The van der Waals surface area contributed by atoms with Crippen LogP contribution in [0.3, 0.4) is 0 Å². The fourth-order valence-corrected chi connectivity index (χ4v) is 5.44. The van der Waals surface area contributed by atoms with Gasteiger partial charge in [0.1, 0.15) is 17.9 Å². The lowest BCUT2D eigenvalue weighted by Gasteiger charge is -2.44. The minimum Gasteiger partial charge on any atom is -0.489 e. The van der Waals surface area contributed by atoms with Crippen LogP contribution in [0.25, 0.3) is 49.2 Å². The number of nitrogens with zero attached hydrogens (tertiary/aromatic N) is 7. The minimum atomic E-state index is 0.383. The highest BCUT2D eigenvalue weighted by Crippen LogP contribution is 2.41. The number of rotatable bonds is 2. The van der Waals surface area contributed by atoms with Gasteiger partial charge in [-0.2, -0.15) is 10.2 Å². The van der Waals surface area contributed by atoms with Crippen LogP contribution in [0, 0.1) is 6.57 Å². The number of fused-ring (bicyclic) bond motifs is 5. The first kappa shape index (κ1) is 20.9. The number of likely N-dealkylation sites (N-methyl/N-ethyl adjacent to an activating group) is 1. The lowest BCUT2D eigenvalue weighted by Crippen LogP contribution is -2.56. The Morgan fingerprint density at radius 1 is 1.08 bits per heavy atom. The molecule has 7 rings (SSSR count). The van der Waals surface area contributed by atoms with E-state index in [9.17, 15) is 0 Å². The molecule has 2 aromatic carbocycles. The number of H-pyrrole nitrogens is 1. The molecule has 3 aromatic heterocycles. The number of hydrogen-bond acceptors (Lipinski definition) is 6. The summed E-state index contributed by atoms with van der Waals surface area (Å²) < 4.78 is 8.00. The van der Waals surface area contributed by atoms with Crippen molar-refractivity contribution in [1.82, 2.24) is 29.9 Å². The summed E-state index contributed by atoms with van der Waals surface area (Å²) in [6.45, 7) is 11.5. The predicted molar refractivity (Wildman–Crippen MR) is 139 cm³/mol. The predicted octanol–water partition coefficient (Wildman–Crippen LogP) is 4.24. The number of nitrogens with one attached hydrogen (secondary N) is 1. The molecule has 5 heterocycles. The maximum atomic E-state index is 7.77. The Morgan fingerprint density at radius 2 is 2.00 bits per heavy atom. The first-order valence-electron chi connectivity index (χ1n) is 12.0. The van der Waals surface area contributed by atoms with E-state index in [0.717, 1.165) is 75.4 Å². The van der Waals surface area contributed by atoms with E-state index in [0.29, 0.717) is 18.3 Å². The summed E-state index contributed by atoms with van der Waals surface area (Å²) in [4.78, 5) is 13.2. The Balaban J connectivity index is 1.33. The van der Waals surface area contributed by atoms with Gasteiger partial charge in [-0.1, -0.05) is 12.1 Å². The van der Waals surface area contributed by atoms with Gasteiger partial charge in [0, 0.05) is 43.8 Å². The van der Waals surface area contributed by atoms with E-state index in [4.69, 9.17) is 11.3 Å². The molecule has 0 saturated carbocycles. The monoisotopic (exact) mass is 476 g/mol. The summed E-state index contributed by atoms with van der Waals surface area (Å²) in [5.41, 5.74) is 7.79. The lowest BCUT2D eigenvalue weighted by atomic mass is 9.99. The van der Waals surface area contributed by atoms with Crippen LogP contribution in [0.1, 0.15) is 0 Å². The van der Waals surface area contributed by atoms with Gasteiger partial charge >= 0.3 is 0 Å². The first-order valence-corrected chi connectivity index (χ1v) is 12.0. The van der Waals surface area contributed by atoms with Gasteiger partial charge in [-0.3, -0.25) is 14.8 Å². The van der Waals surface area contributed by atoms with Crippen LogP contribution in [0.4, 0.5) is 11.4 Å². The topological polar surface area (TPSA) is 79.5 Å². The van der Waals surface area contributed by atoms with E-state index in [-0.39, 0.29) is 0 Å². The molecule has 178 valence electrons. The highest BCUT2D eigenvalue weighted by atomic mass is 16.5. The first-order chi connectivity index (χ1) is 17.6. The molecule has 9 heteroatoms. The number of aryl methyl sites for hydroxylation is 1. The second kappa shape index (κ2) is 7.80. The highest BCUT2D eigenvalue weighted by molar-refractivity contribution is 6.00. The maximum Gasteiger partial charge on any atom is 0.197 e. The number of hydrogen-bond donors (Lipinski definition) is 1. The number of piperazine rings is 1. The molecule has 0 radical (unpaired) electrons. The zero-order valence-electron chi connectivity index (χ0n) is 20.1. The van der Waals surface area contributed by atoms with Crippen molar-refractivity contribution < 1.29 is 4.74 Å². The van der Waals surface area contributed by atoms with E-state index in [1.54, 1.807) is 17.1 Å². The molecule has 2 aliphatic heterocycles. The number of aromatic amines is 1. The van der Waals surface area contributed by atoms with Crippen molar-refractivity contribution in [3.05, 3.63) is 60.2 Å². The molecule has 1 atom stereocenters. The van der Waals surface area contributed by atoms with Crippen LogP contribution in [0.15, 0.2) is 48.8 Å². The molecular formula is C27H24N8O. The fourth-order valence-electron chi connectivity index (χ4n) is 5.44. The van der Waals surface area contributed by atoms with Crippen molar-refractivity contribution >= 4 is 33.3 Å². The van der Waals surface area contributed by atoms with Crippen molar-refractivity contribution in [1.29, 1.82) is 0 Å². The summed E-state index contributed by atoms with van der Waals surface area (Å²) in [7, 11) is 4.06. The summed E-state index contributed by atoms with van der Waals surface area (Å²) in [6, 6.07) is 12.7. The number of benzene rings is 2. The maximum absolute atomic E-state index is 7.77. The van der Waals surface area contributed by atoms with Crippen LogP contribution in [-0.2, 0) is 7.05 Å². The highest BCUT2D eigenvalue weighted by Gasteiger charge is 2.32. The number of aromatic nitrogens is 5. The normalized spacial score (nSPS) is 17.6. The molecule has 0 amide bonds. The van der Waals surface area contributed by atoms with E-state index < -0.39 is 0 Å². The van der Waals surface area contributed by atoms with Crippen LogP contribution < -0.4 is 9.64 Å². The van der Waals surface area contributed by atoms with Crippen molar-refractivity contribution in [2.75, 3.05) is 38.2 Å². The van der Waals surface area contributed by atoms with E-state index in [1.165, 1.54) is 0 Å². The van der Waals surface area contributed by atoms with E-state index >= 15 is 0 Å². The Hall–Kier alpha value is -4.42. The standard InChI is InChI=1S/C27H24N8O/c1-28-21-11-22-20(10-19(21)17-8-25-23(29-12-17)13-30-34(25)3)27(32-31-22)16-4-5-24-26(9-16)36-15-18-14-33(2)6-7-35(18)24/h4-5,8-13,18H,6-7,14-15H2,2-3H3,(H,31,32). The van der Waals surface area contributed by atoms with Crippen molar-refractivity contribution in [2.24, 2.45) is 7.05 Å². The second-order valence-corrected chi connectivity index (χ2v) is 9.60. The summed E-state index contributed by atoms with van der Waals surface area (Å²) in [6.07, 6.45) is 3.55. The molecule has 0 bridgehead atoms. The van der Waals surface area contributed by atoms with Crippen LogP contribution >= 0.6 is 0 Å². The molecule has 1 saturated heterocycles. The number of ether oxygens (including phenoxy) is 1. The Labute approximate surface area is 207 Å². The largest absolute Gasteiger partial charge is 0.489 e. The molecular weight excluding hydrogens is 452 g/mol. The smallest absolute Gasteiger partial charge is 0.197 e. The summed E-state index contributed by atoms with van der Waals surface area (Å²) >= 11 is 0. The summed E-state index contributed by atoms with van der Waals surface area (Å²) in [5.74, 6) is 0.897. The van der Waals surface area contributed by atoms with Gasteiger partial charge in [-0.25, -0.2) is 4.85 Å². The molecule has 1 unspecified atom stereocenters. The lowest BCUT2D eigenvalue weighted by molar-refractivity contribution is 0.188. The zero-order valence-corrected chi connectivity index (χ0v) is 20.1. The average molecular weight is 477 g/mol. The van der Waals surface area contributed by atoms with E-state index in [1.807, 2.05) is 25.2 Å². The Kier molecular flexibility index (Phi) is 4.53. The third-order valence-electron chi connectivity index (χ3n) is 7.37. The summed E-state index contributed by atoms with van der Waals surface area (Å²) in [5, 5.41) is 13.0. The molecule has 5 aromatic rings. The number of pyridine rings is 1. The Morgan fingerprint density at radius 3 is 2.89 bits per heavy atom. The van der Waals surface area contributed by atoms with Gasteiger partial charge in [-0.15, -0.1) is 0 Å². The molecule has 1 fully saturated rings. The van der Waals surface area contributed by atoms with Gasteiger partial charge in [0.2, 0.25) is 0 Å². The SMILES string of the molecule is [C-]#[N+]c1cc2[nH]nc(-c3ccc4c(c3)OCC3CN(C)CCN43)c2cc1-c1cnc2cnn(C)c2c1. The van der Waals surface area contributed by atoms with Gasteiger partial charge in [0.05, 0.1) is 41.2 Å². The van der Waals surface area contributed by atoms with E-state index in [2.05, 4.69) is 60.2 Å². The third-order valence-corrected chi connectivity index (χ3v) is 7.37. The quantitative estimate of drug-likeness (QED) is 0.384. The van der Waals surface area contributed by atoms with Crippen molar-refractivity contribution in [3.63, 3.8) is 0 Å². The van der Waals surface area contributed by atoms with Gasteiger partial charge in [0.15, 0.2) is 5.69 Å². The van der Waals surface area contributed by atoms with Gasteiger partial charge in [-0.05, 0) is 42.4 Å². The molecule has 0 aliphatic carbocycles. The van der Waals surface area contributed by atoms with Crippen LogP contribution in [-0.4, -0.2) is 69.2 Å². The van der Waals surface area contributed by atoms with Crippen LogP contribution in [0.2, 0.25) is 0 Å². The molecule has 2 aliphatic rings. The van der Waals surface area contributed by atoms with Crippen molar-refractivity contribution in [3.8, 4) is 28.1 Å². The Bertz CT molecular complexity index is 1690. The average Bonchev–Trinajstić information content (AvgIpc) is 3.49.